The van der Waals surface area contributed by atoms with Gasteiger partial charge >= 0.3 is 13.6 Å². The van der Waals surface area contributed by atoms with E-state index in [1.54, 1.807) is 95.8 Å². The van der Waals surface area contributed by atoms with Crippen molar-refractivity contribution in [1.29, 1.82) is 0 Å². The number of halogens is 1. The average Bonchev–Trinajstić information content (AvgIpc) is 3.10. The molecule has 0 aliphatic heterocycles. The molecule has 0 amide bonds. The van der Waals surface area contributed by atoms with E-state index in [0.29, 0.717) is 44.8 Å². The van der Waals surface area contributed by atoms with Crippen LogP contribution in [-0.4, -0.2) is 47.6 Å². The minimum Gasteiger partial charge on any atom is -0.493 e. The summed E-state index contributed by atoms with van der Waals surface area (Å²) in [7, 11) is 2.57. The Morgan fingerprint density at radius 3 is 1.86 bits per heavy atom. The molecule has 10 nitrogen and oxygen atoms in total. The van der Waals surface area contributed by atoms with Crippen molar-refractivity contribution in [2.75, 3.05) is 47.0 Å². The Hall–Kier alpha value is -4.47. The van der Waals surface area contributed by atoms with Crippen molar-refractivity contribution >= 4 is 43.0 Å². The van der Waals surface area contributed by atoms with Crippen LogP contribution in [0.25, 0.3) is 12.2 Å². The van der Waals surface area contributed by atoms with Gasteiger partial charge in [0.25, 0.3) is 0 Å². The zero-order valence-electron chi connectivity index (χ0n) is 28.4. The number of hydrogen-bond donors (Lipinski definition) is 1. The van der Waals surface area contributed by atoms with Crippen LogP contribution in [0.3, 0.4) is 0 Å². The third kappa shape index (κ3) is 9.80. The van der Waals surface area contributed by atoms with Gasteiger partial charge < -0.3 is 38.0 Å². The van der Waals surface area contributed by atoms with Gasteiger partial charge in [0.1, 0.15) is 0 Å². The second kappa shape index (κ2) is 17.8. The number of nitrogens with one attached hydrogen (secondary N) is 1. The number of carbonyl (C=O) groups is 1. The van der Waals surface area contributed by atoms with Gasteiger partial charge in [-0.05, 0) is 84.6 Å². The maximum absolute atomic E-state index is 13.8. The van der Waals surface area contributed by atoms with Crippen LogP contribution in [0.4, 0.5) is 5.69 Å². The summed E-state index contributed by atoms with van der Waals surface area (Å²) in [6.07, 6.45) is 3.76. The highest BCUT2D eigenvalue weighted by molar-refractivity contribution is 7.54. The minimum atomic E-state index is -3.61. The van der Waals surface area contributed by atoms with Gasteiger partial charge in [-0.2, -0.15) is 0 Å². The second-order valence-electron chi connectivity index (χ2n) is 10.5. The Balaban J connectivity index is 1.48. The van der Waals surface area contributed by atoms with E-state index < -0.39 is 19.3 Å². The first-order valence-corrected chi connectivity index (χ1v) is 17.5. The Bertz CT molecular complexity index is 1740. The van der Waals surface area contributed by atoms with E-state index in [0.717, 1.165) is 11.1 Å². The fraction of sp³-hybridized carbons (Fsp3) is 0.270. The topological polar surface area (TPSA) is 111 Å². The summed E-state index contributed by atoms with van der Waals surface area (Å²) in [5.74, 6) is 1.01. The summed E-state index contributed by atoms with van der Waals surface area (Å²) in [5, 5.41) is 3.85. The smallest absolute Gasteiger partial charge is 0.357 e. The third-order valence-electron chi connectivity index (χ3n) is 7.29. The summed E-state index contributed by atoms with van der Waals surface area (Å²) in [6.45, 7) is 3.94. The Kier molecular flexibility index (Phi) is 13.6. The number of esters is 1. The number of ether oxygens (including phenoxy) is 5. The lowest BCUT2D eigenvalue weighted by molar-refractivity contribution is -0.133. The van der Waals surface area contributed by atoms with Crippen molar-refractivity contribution < 1.29 is 42.1 Å². The standard InChI is InChI=1S/C37H41ClNO9P/c1-7-46-49(41,47-8-2)37(28-14-16-29(38)17-15-28)39-30-18-11-26(12-19-30)24-35(40)48-32-21-25(13-20-31(32)42-3)9-10-27-22-33(43-4)36(45-6)34(23-27)44-5/h9-23,37,39H,7-8,24H2,1-6H3/b10-9-. The SMILES string of the molecule is CCOP(=O)(OCC)C(Nc1ccc(CC(=O)Oc2cc(/C=C\c3cc(OC)c(OC)c(OC)c3)ccc2OC)cc1)c1ccc(Cl)cc1. The van der Waals surface area contributed by atoms with Crippen LogP contribution in [0.2, 0.25) is 5.02 Å². The number of rotatable bonds is 17. The van der Waals surface area contributed by atoms with Crippen LogP contribution >= 0.6 is 19.2 Å². The average molecular weight is 710 g/mol. The Labute approximate surface area is 292 Å². The fourth-order valence-corrected chi connectivity index (χ4v) is 7.07. The molecule has 0 fully saturated rings. The maximum atomic E-state index is 13.8. The van der Waals surface area contributed by atoms with Gasteiger partial charge in [0.2, 0.25) is 5.75 Å². The fourth-order valence-electron chi connectivity index (χ4n) is 5.01. The quantitative estimate of drug-likeness (QED) is 0.0493. The molecule has 1 N–H and O–H groups in total. The largest absolute Gasteiger partial charge is 0.493 e. The van der Waals surface area contributed by atoms with Crippen LogP contribution < -0.4 is 29.0 Å². The molecule has 0 saturated carbocycles. The Morgan fingerprint density at radius 1 is 0.735 bits per heavy atom. The van der Waals surface area contributed by atoms with E-state index in [1.807, 2.05) is 30.4 Å². The summed E-state index contributed by atoms with van der Waals surface area (Å²) in [6, 6.07) is 23.2. The molecule has 4 aromatic rings. The maximum Gasteiger partial charge on any atom is 0.357 e. The van der Waals surface area contributed by atoms with Crippen LogP contribution in [0.1, 0.15) is 41.9 Å². The Morgan fingerprint density at radius 2 is 1.31 bits per heavy atom. The van der Waals surface area contributed by atoms with E-state index in [9.17, 15) is 9.36 Å². The molecule has 0 aromatic heterocycles. The highest BCUT2D eigenvalue weighted by Gasteiger charge is 2.37. The van der Waals surface area contributed by atoms with Gasteiger partial charge in [0, 0.05) is 10.7 Å². The monoisotopic (exact) mass is 709 g/mol. The molecular formula is C37H41ClNO9P. The molecule has 0 saturated heterocycles. The van der Waals surface area contributed by atoms with Crippen molar-refractivity contribution in [2.45, 2.75) is 26.1 Å². The van der Waals surface area contributed by atoms with Gasteiger partial charge in [-0.15, -0.1) is 0 Å². The van der Waals surface area contributed by atoms with Gasteiger partial charge in [0.15, 0.2) is 28.8 Å². The van der Waals surface area contributed by atoms with E-state index >= 15 is 0 Å². The highest BCUT2D eigenvalue weighted by Crippen LogP contribution is 2.60. The summed E-state index contributed by atoms with van der Waals surface area (Å²) < 4.78 is 52.6. The lowest BCUT2D eigenvalue weighted by Crippen LogP contribution is -2.15. The second-order valence-corrected chi connectivity index (χ2v) is 13.1. The van der Waals surface area contributed by atoms with Crippen molar-refractivity contribution in [3.05, 3.63) is 106 Å². The van der Waals surface area contributed by atoms with Crippen LogP contribution in [0.5, 0.6) is 28.7 Å². The van der Waals surface area contributed by atoms with Crippen LogP contribution in [-0.2, 0) is 24.8 Å². The summed E-state index contributed by atoms with van der Waals surface area (Å²) in [5.41, 5.74) is 3.66. The van der Waals surface area contributed by atoms with Gasteiger partial charge in [-0.3, -0.25) is 9.36 Å². The number of anilines is 1. The molecule has 4 rings (SSSR count). The predicted octanol–water partition coefficient (Wildman–Crippen LogP) is 9.07. The third-order valence-corrected chi connectivity index (χ3v) is 9.84. The van der Waals surface area contributed by atoms with E-state index in [2.05, 4.69) is 5.32 Å². The van der Waals surface area contributed by atoms with Crippen molar-refractivity contribution in [3.63, 3.8) is 0 Å². The molecule has 0 radical (unpaired) electrons. The lowest BCUT2D eigenvalue weighted by Gasteiger charge is -2.28. The first-order chi connectivity index (χ1) is 23.7. The molecule has 0 bridgehead atoms. The molecule has 260 valence electrons. The van der Waals surface area contributed by atoms with E-state index in [4.69, 9.17) is 44.3 Å². The molecule has 0 aliphatic carbocycles. The molecule has 1 atom stereocenters. The number of carbonyl (C=O) groups excluding carboxylic acids is 1. The van der Waals surface area contributed by atoms with E-state index in [-0.39, 0.29) is 25.4 Å². The van der Waals surface area contributed by atoms with Crippen LogP contribution in [0, 0.1) is 0 Å². The predicted molar refractivity (Wildman–Crippen MR) is 192 cm³/mol. The molecule has 1 unspecified atom stereocenters. The summed E-state index contributed by atoms with van der Waals surface area (Å²) >= 11 is 6.10. The van der Waals surface area contributed by atoms with Crippen molar-refractivity contribution in [2.24, 2.45) is 0 Å². The van der Waals surface area contributed by atoms with Crippen LogP contribution in [0.15, 0.2) is 78.9 Å². The number of benzene rings is 4. The molecule has 0 heterocycles. The molecule has 12 heteroatoms. The lowest BCUT2D eigenvalue weighted by atomic mass is 10.1. The first-order valence-electron chi connectivity index (χ1n) is 15.5. The normalized spacial score (nSPS) is 12.0. The highest BCUT2D eigenvalue weighted by atomic mass is 35.5. The zero-order chi connectivity index (χ0) is 35.4. The molecular weight excluding hydrogens is 669 g/mol. The van der Waals surface area contributed by atoms with Crippen molar-refractivity contribution in [3.8, 4) is 28.7 Å². The summed E-state index contributed by atoms with van der Waals surface area (Å²) in [4.78, 5) is 13.1. The minimum absolute atomic E-state index is 0.00589. The molecule has 0 aliphatic rings. The van der Waals surface area contributed by atoms with Crippen molar-refractivity contribution in [1.82, 2.24) is 0 Å². The molecule has 0 spiro atoms. The van der Waals surface area contributed by atoms with E-state index in [1.165, 1.54) is 7.11 Å². The molecule has 4 aromatic carbocycles. The van der Waals surface area contributed by atoms with Gasteiger partial charge in [-0.1, -0.05) is 54.1 Å². The molecule has 49 heavy (non-hydrogen) atoms. The number of methoxy groups -OCH3 is 4. The van der Waals surface area contributed by atoms with Gasteiger partial charge in [0.05, 0.1) is 48.1 Å². The van der Waals surface area contributed by atoms with Gasteiger partial charge in [-0.25, -0.2) is 0 Å². The first kappa shape index (κ1) is 37.4. The number of hydrogen-bond acceptors (Lipinski definition) is 10. The zero-order valence-corrected chi connectivity index (χ0v) is 30.0.